The largest absolute Gasteiger partial charge is 0.508 e. The van der Waals surface area contributed by atoms with Gasteiger partial charge in [-0.05, 0) is 19.9 Å². The lowest BCUT2D eigenvalue weighted by Gasteiger charge is -2.45. The Morgan fingerprint density at radius 2 is 1.84 bits per heavy atom. The molecule has 0 heterocycles. The normalized spacial score (nSPS) is 19.8. The Morgan fingerprint density at radius 1 is 1.26 bits per heavy atom. The first-order chi connectivity index (χ1) is 8.81. The molecule has 1 aromatic carbocycles. The van der Waals surface area contributed by atoms with Crippen LogP contribution in [0.4, 0.5) is 14.5 Å². The summed E-state index contributed by atoms with van der Waals surface area (Å²) in [6.07, 6.45) is -0.809. The fraction of sp³-hybridized carbons (Fsp3) is 0.571. The van der Waals surface area contributed by atoms with Crippen molar-refractivity contribution in [3.05, 3.63) is 23.8 Å². The van der Waals surface area contributed by atoms with Crippen molar-refractivity contribution in [3.63, 3.8) is 0 Å². The maximum absolute atomic E-state index is 13.0. The van der Waals surface area contributed by atoms with E-state index in [4.69, 9.17) is 5.73 Å². The first kappa shape index (κ1) is 14.1. The molecule has 2 rings (SSSR count). The molecule has 1 aromatic rings. The quantitative estimate of drug-likeness (QED) is 0.884. The van der Waals surface area contributed by atoms with Crippen LogP contribution < -0.4 is 10.6 Å². The van der Waals surface area contributed by atoms with E-state index in [0.717, 1.165) is 18.8 Å². The highest BCUT2D eigenvalue weighted by Gasteiger charge is 2.56. The smallest absolute Gasteiger partial charge is 0.252 e. The third-order valence-electron chi connectivity index (χ3n) is 3.79. The zero-order valence-electron chi connectivity index (χ0n) is 11.3. The summed E-state index contributed by atoms with van der Waals surface area (Å²) in [4.78, 5) is 2.07. The van der Waals surface area contributed by atoms with Gasteiger partial charge in [-0.3, -0.25) is 0 Å². The highest BCUT2D eigenvalue weighted by atomic mass is 19.3. The Labute approximate surface area is 112 Å². The average Bonchev–Trinajstić information content (AvgIpc) is 2.27. The summed E-state index contributed by atoms with van der Waals surface area (Å²) in [7, 11) is 0. The Bertz CT molecular complexity index is 465. The Balaban J connectivity index is 2.26. The molecule has 0 aliphatic heterocycles. The van der Waals surface area contributed by atoms with E-state index in [2.05, 4.69) is 4.90 Å². The number of anilines is 1. The molecule has 3 nitrogen and oxygen atoms in total. The first-order valence-electron chi connectivity index (χ1n) is 6.56. The number of hydrogen-bond donors (Lipinski definition) is 2. The number of phenolic OH excluding ortho intramolecular Hbond substituents is 1. The van der Waals surface area contributed by atoms with Crippen LogP contribution >= 0.6 is 0 Å². The van der Waals surface area contributed by atoms with Crippen LogP contribution in [0.25, 0.3) is 0 Å². The molecule has 106 valence electrons. The SMILES string of the molecule is CCN(CC)c1ccc(C2(N)CC(F)(F)C2)c(O)c1. The van der Waals surface area contributed by atoms with E-state index in [1.165, 1.54) is 0 Å². The summed E-state index contributed by atoms with van der Waals surface area (Å²) in [5.41, 5.74) is 6.12. The second-order valence-corrected chi connectivity index (χ2v) is 5.24. The molecule has 0 bridgehead atoms. The predicted molar refractivity (Wildman–Crippen MR) is 71.7 cm³/mol. The monoisotopic (exact) mass is 270 g/mol. The van der Waals surface area contributed by atoms with Gasteiger partial charge in [-0.15, -0.1) is 0 Å². The van der Waals surface area contributed by atoms with Crippen LogP contribution in [0, 0.1) is 0 Å². The van der Waals surface area contributed by atoms with Crippen molar-refractivity contribution in [2.45, 2.75) is 38.2 Å². The van der Waals surface area contributed by atoms with E-state index in [1.54, 1.807) is 12.1 Å². The third kappa shape index (κ3) is 2.52. The average molecular weight is 270 g/mol. The first-order valence-corrected chi connectivity index (χ1v) is 6.56. The van der Waals surface area contributed by atoms with Crippen molar-refractivity contribution in [2.75, 3.05) is 18.0 Å². The maximum atomic E-state index is 13.0. The maximum Gasteiger partial charge on any atom is 0.252 e. The molecular weight excluding hydrogens is 250 g/mol. The molecule has 1 aliphatic rings. The summed E-state index contributed by atoms with van der Waals surface area (Å²) < 4.78 is 26.0. The lowest BCUT2D eigenvalue weighted by atomic mass is 9.69. The fourth-order valence-electron chi connectivity index (χ4n) is 2.79. The van der Waals surface area contributed by atoms with Crippen LogP contribution in [0.2, 0.25) is 0 Å². The summed E-state index contributed by atoms with van der Waals surface area (Å²) in [6.45, 7) is 5.68. The van der Waals surface area contributed by atoms with Gasteiger partial charge in [0, 0.05) is 43.2 Å². The van der Waals surface area contributed by atoms with Gasteiger partial charge in [-0.2, -0.15) is 0 Å². The minimum absolute atomic E-state index is 0.00222. The summed E-state index contributed by atoms with van der Waals surface area (Å²) in [5.74, 6) is -2.71. The van der Waals surface area contributed by atoms with E-state index < -0.39 is 24.3 Å². The van der Waals surface area contributed by atoms with Crippen molar-refractivity contribution in [2.24, 2.45) is 5.73 Å². The van der Waals surface area contributed by atoms with E-state index in [-0.39, 0.29) is 5.75 Å². The molecule has 1 fully saturated rings. The highest BCUT2D eigenvalue weighted by molar-refractivity contribution is 5.55. The molecule has 0 aromatic heterocycles. The van der Waals surface area contributed by atoms with Crippen molar-refractivity contribution < 1.29 is 13.9 Å². The number of nitrogens with two attached hydrogens (primary N) is 1. The van der Waals surface area contributed by atoms with Gasteiger partial charge in [0.1, 0.15) is 5.75 Å². The zero-order chi connectivity index (χ0) is 14.3. The van der Waals surface area contributed by atoms with Crippen molar-refractivity contribution in [1.29, 1.82) is 0 Å². The lowest BCUT2D eigenvalue weighted by Crippen LogP contribution is -2.55. The van der Waals surface area contributed by atoms with Crippen molar-refractivity contribution in [3.8, 4) is 5.75 Å². The van der Waals surface area contributed by atoms with Crippen molar-refractivity contribution in [1.82, 2.24) is 0 Å². The summed E-state index contributed by atoms with van der Waals surface area (Å²) in [5, 5.41) is 10.1. The van der Waals surface area contributed by atoms with E-state index >= 15 is 0 Å². The number of halogens is 2. The fourth-order valence-corrected chi connectivity index (χ4v) is 2.79. The van der Waals surface area contributed by atoms with Crippen LogP contribution in [-0.4, -0.2) is 24.1 Å². The predicted octanol–water partition coefficient (Wildman–Crippen LogP) is 2.82. The van der Waals surface area contributed by atoms with Gasteiger partial charge in [0.15, 0.2) is 0 Å². The van der Waals surface area contributed by atoms with E-state index in [0.29, 0.717) is 5.56 Å². The second-order valence-electron chi connectivity index (χ2n) is 5.24. The number of hydrogen-bond acceptors (Lipinski definition) is 3. The highest BCUT2D eigenvalue weighted by Crippen LogP contribution is 2.52. The molecule has 5 heteroatoms. The number of aromatic hydroxyl groups is 1. The summed E-state index contributed by atoms with van der Waals surface area (Å²) >= 11 is 0. The number of alkyl halides is 2. The zero-order valence-corrected chi connectivity index (χ0v) is 11.3. The number of rotatable bonds is 4. The molecule has 0 spiro atoms. The Morgan fingerprint density at radius 3 is 2.26 bits per heavy atom. The molecule has 1 aliphatic carbocycles. The second kappa shape index (κ2) is 4.63. The molecule has 19 heavy (non-hydrogen) atoms. The number of benzene rings is 1. The van der Waals surface area contributed by atoms with Gasteiger partial charge in [-0.25, -0.2) is 8.78 Å². The Kier molecular flexibility index (Phi) is 3.43. The third-order valence-corrected chi connectivity index (χ3v) is 3.79. The molecule has 0 amide bonds. The molecule has 0 atom stereocenters. The van der Waals surface area contributed by atoms with Gasteiger partial charge in [-0.1, -0.05) is 6.07 Å². The van der Waals surface area contributed by atoms with E-state index in [1.807, 2.05) is 19.9 Å². The standard InChI is InChI=1S/C14H20F2N2O/c1-3-18(4-2)10-5-6-11(12(19)7-10)13(17)8-14(15,16)9-13/h5-7,19H,3-4,8-9,17H2,1-2H3. The van der Waals surface area contributed by atoms with Crippen LogP contribution in [-0.2, 0) is 5.54 Å². The minimum Gasteiger partial charge on any atom is -0.508 e. The van der Waals surface area contributed by atoms with Gasteiger partial charge in [0.25, 0.3) is 5.92 Å². The summed E-state index contributed by atoms with van der Waals surface area (Å²) in [6, 6.07) is 5.10. The lowest BCUT2D eigenvalue weighted by molar-refractivity contribution is -0.125. The molecule has 0 radical (unpaired) electrons. The van der Waals surface area contributed by atoms with Crippen LogP contribution in [0.1, 0.15) is 32.3 Å². The minimum atomic E-state index is -2.71. The van der Waals surface area contributed by atoms with E-state index in [9.17, 15) is 13.9 Å². The van der Waals surface area contributed by atoms with Gasteiger partial charge < -0.3 is 15.7 Å². The molecule has 3 N–H and O–H groups in total. The van der Waals surface area contributed by atoms with Gasteiger partial charge >= 0.3 is 0 Å². The molecule has 1 saturated carbocycles. The molecule has 0 saturated heterocycles. The van der Waals surface area contributed by atoms with Gasteiger partial charge in [0.2, 0.25) is 0 Å². The van der Waals surface area contributed by atoms with Crippen LogP contribution in [0.5, 0.6) is 5.75 Å². The molecular formula is C14H20F2N2O. The van der Waals surface area contributed by atoms with Gasteiger partial charge in [0.05, 0.1) is 5.54 Å². The Hall–Kier alpha value is -1.36. The number of nitrogens with zero attached hydrogens (tertiary/aromatic N) is 1. The van der Waals surface area contributed by atoms with Crippen LogP contribution in [0.15, 0.2) is 18.2 Å². The van der Waals surface area contributed by atoms with Crippen molar-refractivity contribution >= 4 is 5.69 Å². The van der Waals surface area contributed by atoms with Crippen LogP contribution in [0.3, 0.4) is 0 Å². The number of phenols is 1. The topological polar surface area (TPSA) is 49.5 Å². The molecule has 0 unspecified atom stereocenters.